The molecule has 0 aliphatic carbocycles. The zero-order valence-corrected chi connectivity index (χ0v) is 13.2. The summed E-state index contributed by atoms with van der Waals surface area (Å²) in [6.45, 7) is 1.48. The molecule has 6 heteroatoms. The van der Waals surface area contributed by atoms with Crippen molar-refractivity contribution in [2.45, 2.75) is 19.4 Å². The number of nitrogens with one attached hydrogen (secondary N) is 2. The summed E-state index contributed by atoms with van der Waals surface area (Å²) >= 11 is 0. The van der Waals surface area contributed by atoms with E-state index in [-0.39, 0.29) is 25.0 Å². The third kappa shape index (κ3) is 3.65. The number of rotatable bonds is 6. The maximum atomic E-state index is 11.9. The van der Waals surface area contributed by atoms with Gasteiger partial charge in [0.05, 0.1) is 18.7 Å². The second-order valence-electron chi connectivity index (χ2n) is 5.50. The monoisotopic (exact) mass is 326 g/mol. The quantitative estimate of drug-likeness (QED) is 0.682. The van der Waals surface area contributed by atoms with Crippen molar-refractivity contribution in [1.29, 1.82) is 0 Å². The van der Waals surface area contributed by atoms with Crippen molar-refractivity contribution in [2.75, 3.05) is 6.61 Å². The molecule has 2 heterocycles. The van der Waals surface area contributed by atoms with Crippen LogP contribution < -0.4 is 5.32 Å². The molecule has 1 amide bonds. The average molecular weight is 326 g/mol. The van der Waals surface area contributed by atoms with Gasteiger partial charge in [0, 0.05) is 17.1 Å². The smallest absolute Gasteiger partial charge is 0.310 e. The number of hydrogen-bond acceptors (Lipinski definition) is 4. The van der Waals surface area contributed by atoms with Gasteiger partial charge >= 0.3 is 5.97 Å². The SMILES string of the molecule is C[C@@H](NC(=O)COC(=O)Cc1c[nH]c2ccccc12)c1ccco1. The van der Waals surface area contributed by atoms with Crippen molar-refractivity contribution in [3.63, 3.8) is 0 Å². The summed E-state index contributed by atoms with van der Waals surface area (Å²) in [4.78, 5) is 26.9. The molecule has 0 saturated heterocycles. The number of fused-ring (bicyclic) bond motifs is 1. The van der Waals surface area contributed by atoms with Crippen LogP contribution in [0, 0.1) is 0 Å². The molecule has 24 heavy (non-hydrogen) atoms. The van der Waals surface area contributed by atoms with Crippen LogP contribution in [0.2, 0.25) is 0 Å². The lowest BCUT2D eigenvalue weighted by Crippen LogP contribution is -2.31. The van der Waals surface area contributed by atoms with Gasteiger partial charge in [0.25, 0.3) is 5.91 Å². The van der Waals surface area contributed by atoms with E-state index in [4.69, 9.17) is 9.15 Å². The first-order valence-electron chi connectivity index (χ1n) is 7.67. The molecule has 124 valence electrons. The van der Waals surface area contributed by atoms with Crippen LogP contribution in [-0.2, 0) is 20.7 Å². The molecule has 0 radical (unpaired) electrons. The zero-order valence-electron chi connectivity index (χ0n) is 13.2. The number of aromatic nitrogens is 1. The van der Waals surface area contributed by atoms with Gasteiger partial charge in [-0.15, -0.1) is 0 Å². The molecule has 6 nitrogen and oxygen atoms in total. The number of hydrogen-bond donors (Lipinski definition) is 2. The first-order chi connectivity index (χ1) is 11.6. The van der Waals surface area contributed by atoms with Gasteiger partial charge < -0.3 is 19.5 Å². The van der Waals surface area contributed by atoms with Crippen molar-refractivity contribution in [1.82, 2.24) is 10.3 Å². The fourth-order valence-corrected chi connectivity index (χ4v) is 2.52. The van der Waals surface area contributed by atoms with E-state index in [1.54, 1.807) is 31.5 Å². The predicted octanol–water partition coefficient (Wildman–Crippen LogP) is 2.72. The van der Waals surface area contributed by atoms with Gasteiger partial charge in [-0.25, -0.2) is 0 Å². The van der Waals surface area contributed by atoms with Gasteiger partial charge in [0.1, 0.15) is 5.76 Å². The van der Waals surface area contributed by atoms with E-state index in [0.717, 1.165) is 16.5 Å². The second-order valence-corrected chi connectivity index (χ2v) is 5.50. The molecule has 3 aromatic rings. The van der Waals surface area contributed by atoms with Crippen molar-refractivity contribution < 1.29 is 18.7 Å². The Balaban J connectivity index is 1.49. The van der Waals surface area contributed by atoms with E-state index in [9.17, 15) is 9.59 Å². The van der Waals surface area contributed by atoms with Crippen LogP contribution in [0.15, 0.2) is 53.3 Å². The van der Waals surface area contributed by atoms with Crippen molar-refractivity contribution in [3.05, 3.63) is 60.2 Å². The minimum absolute atomic E-state index is 0.116. The summed E-state index contributed by atoms with van der Waals surface area (Å²) in [5, 5.41) is 3.69. The summed E-state index contributed by atoms with van der Waals surface area (Å²) in [7, 11) is 0. The number of esters is 1. The molecule has 1 atom stereocenters. The summed E-state index contributed by atoms with van der Waals surface area (Å²) < 4.78 is 10.3. The number of ether oxygens (including phenoxy) is 1. The Morgan fingerprint density at radius 3 is 2.88 bits per heavy atom. The number of benzene rings is 1. The van der Waals surface area contributed by atoms with Crippen molar-refractivity contribution in [2.24, 2.45) is 0 Å². The first kappa shape index (κ1) is 15.9. The molecule has 0 saturated carbocycles. The molecule has 3 rings (SSSR count). The van der Waals surface area contributed by atoms with Crippen LogP contribution >= 0.6 is 0 Å². The molecule has 0 bridgehead atoms. The van der Waals surface area contributed by atoms with Crippen molar-refractivity contribution >= 4 is 22.8 Å². The molecule has 2 N–H and O–H groups in total. The highest BCUT2D eigenvalue weighted by Crippen LogP contribution is 2.18. The van der Waals surface area contributed by atoms with E-state index in [1.165, 1.54) is 0 Å². The molecular weight excluding hydrogens is 308 g/mol. The third-order valence-corrected chi connectivity index (χ3v) is 3.72. The van der Waals surface area contributed by atoms with Crippen LogP contribution in [0.1, 0.15) is 24.3 Å². The lowest BCUT2D eigenvalue weighted by molar-refractivity contribution is -0.148. The van der Waals surface area contributed by atoms with Gasteiger partial charge in [0.15, 0.2) is 6.61 Å². The van der Waals surface area contributed by atoms with E-state index >= 15 is 0 Å². The Morgan fingerprint density at radius 1 is 1.25 bits per heavy atom. The Labute approximate surface area is 138 Å². The number of H-pyrrole nitrogens is 1. The minimum atomic E-state index is -0.444. The van der Waals surface area contributed by atoms with Crippen LogP contribution in [0.25, 0.3) is 10.9 Å². The molecule has 0 aliphatic rings. The Morgan fingerprint density at radius 2 is 2.08 bits per heavy atom. The predicted molar refractivity (Wildman–Crippen MR) is 88.2 cm³/mol. The fourth-order valence-electron chi connectivity index (χ4n) is 2.52. The highest BCUT2D eigenvalue weighted by Gasteiger charge is 2.14. The first-order valence-corrected chi connectivity index (χ1v) is 7.67. The average Bonchev–Trinajstić information content (AvgIpc) is 3.23. The molecule has 0 unspecified atom stereocenters. The molecular formula is C18H18N2O4. The number of furan rings is 1. The number of carbonyl (C=O) groups excluding carboxylic acids is 2. The standard InChI is InChI=1S/C18H18N2O4/c1-12(16-7-4-8-23-16)20-17(21)11-24-18(22)9-13-10-19-15-6-3-2-5-14(13)15/h2-8,10,12,19H,9,11H2,1H3,(H,20,21)/t12-/m1/s1. The number of para-hydroxylation sites is 1. The van der Waals surface area contributed by atoms with E-state index in [1.807, 2.05) is 24.3 Å². The zero-order chi connectivity index (χ0) is 16.9. The molecule has 2 aromatic heterocycles. The molecule has 0 fully saturated rings. The molecule has 1 aromatic carbocycles. The Hall–Kier alpha value is -3.02. The maximum Gasteiger partial charge on any atom is 0.310 e. The number of aromatic amines is 1. The van der Waals surface area contributed by atoms with Gasteiger partial charge in [-0.05, 0) is 30.7 Å². The highest BCUT2D eigenvalue weighted by atomic mass is 16.5. The van der Waals surface area contributed by atoms with Crippen LogP contribution in [0.4, 0.5) is 0 Å². The lowest BCUT2D eigenvalue weighted by Gasteiger charge is -2.11. The summed E-state index contributed by atoms with van der Waals surface area (Å²) in [6.07, 6.45) is 3.44. The summed E-state index contributed by atoms with van der Waals surface area (Å²) in [6, 6.07) is 11.0. The fraction of sp³-hybridized carbons (Fsp3) is 0.222. The summed E-state index contributed by atoms with van der Waals surface area (Å²) in [5.41, 5.74) is 1.81. The van der Waals surface area contributed by atoms with E-state index < -0.39 is 5.97 Å². The lowest BCUT2D eigenvalue weighted by atomic mass is 10.1. The van der Waals surface area contributed by atoms with Gasteiger partial charge in [-0.2, -0.15) is 0 Å². The molecule has 0 aliphatic heterocycles. The molecule has 0 spiro atoms. The minimum Gasteiger partial charge on any atom is -0.467 e. The maximum absolute atomic E-state index is 11.9. The van der Waals surface area contributed by atoms with Crippen LogP contribution in [0.5, 0.6) is 0 Å². The van der Waals surface area contributed by atoms with E-state index in [2.05, 4.69) is 10.3 Å². The summed E-state index contributed by atoms with van der Waals surface area (Å²) in [5.74, 6) is -0.166. The third-order valence-electron chi connectivity index (χ3n) is 3.72. The van der Waals surface area contributed by atoms with Crippen molar-refractivity contribution in [3.8, 4) is 0 Å². The van der Waals surface area contributed by atoms with Gasteiger partial charge in [0.2, 0.25) is 0 Å². The van der Waals surface area contributed by atoms with Crippen LogP contribution in [0.3, 0.4) is 0 Å². The Bertz CT molecular complexity index is 836. The number of amides is 1. The number of carbonyl (C=O) groups is 2. The van der Waals surface area contributed by atoms with Crippen LogP contribution in [-0.4, -0.2) is 23.5 Å². The highest BCUT2D eigenvalue weighted by molar-refractivity contribution is 5.88. The normalized spacial score (nSPS) is 12.0. The van der Waals surface area contributed by atoms with Gasteiger partial charge in [-0.3, -0.25) is 9.59 Å². The van der Waals surface area contributed by atoms with E-state index in [0.29, 0.717) is 5.76 Å². The topological polar surface area (TPSA) is 84.3 Å². The largest absolute Gasteiger partial charge is 0.467 e. The second kappa shape index (κ2) is 7.04. The van der Waals surface area contributed by atoms with Gasteiger partial charge in [-0.1, -0.05) is 18.2 Å². The Kier molecular flexibility index (Phi) is 4.65.